The van der Waals surface area contributed by atoms with Crippen LogP contribution in [0, 0.1) is 13.8 Å². The fraction of sp³-hybridized carbons (Fsp3) is 0.588. The van der Waals surface area contributed by atoms with Crippen molar-refractivity contribution in [3.8, 4) is 0 Å². The van der Waals surface area contributed by atoms with Crippen molar-refractivity contribution in [1.82, 2.24) is 0 Å². The molecule has 0 radical (unpaired) electrons. The van der Waals surface area contributed by atoms with Crippen LogP contribution in [0.4, 0.5) is 5.69 Å². The van der Waals surface area contributed by atoms with Crippen LogP contribution in [0.2, 0.25) is 0 Å². The van der Waals surface area contributed by atoms with Gasteiger partial charge in [-0.25, -0.2) is 0 Å². The lowest BCUT2D eigenvalue weighted by Crippen LogP contribution is -2.31. The molecule has 1 atom stereocenters. The molecule has 112 valence electrons. The number of hydrogen-bond donors (Lipinski definition) is 1. The molecule has 0 aliphatic carbocycles. The van der Waals surface area contributed by atoms with E-state index in [4.69, 9.17) is 0 Å². The van der Waals surface area contributed by atoms with Crippen molar-refractivity contribution >= 4 is 18.9 Å². The first-order valence-corrected chi connectivity index (χ1v) is 10.3. The highest BCUT2D eigenvalue weighted by atomic mass is 31.2. The van der Waals surface area contributed by atoms with Gasteiger partial charge in [-0.15, -0.1) is 0 Å². The largest absolute Gasteiger partial charge is 0.322 e. The predicted molar refractivity (Wildman–Crippen MR) is 92.6 cm³/mol. The SMILES string of the molecule is CCC(C(=O)Nc1c(C)cccc1C)[P+](C)(CC)CC. The monoisotopic (exact) mass is 294 g/mol. The van der Waals surface area contributed by atoms with Crippen molar-refractivity contribution in [3.05, 3.63) is 29.3 Å². The number of amides is 1. The van der Waals surface area contributed by atoms with E-state index in [-0.39, 0.29) is 11.6 Å². The standard InChI is InChI=1S/C17H28NOP/c1-7-15(20(6,8-2)9-3)17(19)18-16-13(4)11-10-12-14(16)5/h10-12,15H,7-9H2,1-6H3/p+1. The summed E-state index contributed by atoms with van der Waals surface area (Å²) >= 11 is 0. The highest BCUT2D eigenvalue weighted by Crippen LogP contribution is 2.60. The average molecular weight is 294 g/mol. The van der Waals surface area contributed by atoms with Gasteiger partial charge in [-0.1, -0.05) is 25.1 Å². The zero-order chi connectivity index (χ0) is 15.3. The van der Waals surface area contributed by atoms with Crippen molar-refractivity contribution in [3.63, 3.8) is 0 Å². The molecule has 0 aromatic heterocycles. The fourth-order valence-electron chi connectivity index (χ4n) is 2.79. The second-order valence-corrected chi connectivity index (χ2v) is 10.6. The number of anilines is 1. The minimum Gasteiger partial charge on any atom is -0.322 e. The van der Waals surface area contributed by atoms with E-state index < -0.39 is 7.26 Å². The quantitative estimate of drug-likeness (QED) is 0.756. The summed E-state index contributed by atoms with van der Waals surface area (Å²) in [6.45, 7) is 13.0. The normalized spacial score (nSPS) is 13.1. The van der Waals surface area contributed by atoms with Crippen LogP contribution in [-0.2, 0) is 4.79 Å². The average Bonchev–Trinajstić information content (AvgIpc) is 2.43. The molecule has 0 fully saturated rings. The molecular weight excluding hydrogens is 265 g/mol. The molecular formula is C17H29NOP+. The molecule has 1 unspecified atom stereocenters. The molecule has 0 heterocycles. The summed E-state index contributed by atoms with van der Waals surface area (Å²) in [4.78, 5) is 12.7. The molecule has 1 rings (SSSR count). The van der Waals surface area contributed by atoms with E-state index >= 15 is 0 Å². The Balaban J connectivity index is 2.99. The van der Waals surface area contributed by atoms with Crippen LogP contribution in [-0.4, -0.2) is 30.6 Å². The highest BCUT2D eigenvalue weighted by molar-refractivity contribution is 7.76. The minimum absolute atomic E-state index is 0.177. The third-order valence-electron chi connectivity index (χ3n) is 4.62. The van der Waals surface area contributed by atoms with Crippen molar-refractivity contribution < 1.29 is 4.79 Å². The van der Waals surface area contributed by atoms with Crippen LogP contribution in [0.15, 0.2) is 18.2 Å². The molecule has 0 saturated carbocycles. The Morgan fingerprint density at radius 2 is 1.65 bits per heavy atom. The summed E-state index contributed by atoms with van der Waals surface area (Å²) in [6.07, 6.45) is 3.22. The van der Waals surface area contributed by atoms with Gasteiger partial charge in [0, 0.05) is 19.6 Å². The lowest BCUT2D eigenvalue weighted by atomic mass is 10.1. The third-order valence-corrected chi connectivity index (χ3v) is 9.61. The summed E-state index contributed by atoms with van der Waals surface area (Å²) in [7, 11) is -1.18. The number of para-hydroxylation sites is 1. The van der Waals surface area contributed by atoms with Crippen LogP contribution in [0.25, 0.3) is 0 Å². The number of nitrogens with one attached hydrogen (secondary N) is 1. The Hall–Kier alpha value is -0.880. The van der Waals surface area contributed by atoms with E-state index in [2.05, 4.69) is 58.7 Å². The van der Waals surface area contributed by atoms with Gasteiger partial charge in [-0.3, -0.25) is 4.79 Å². The molecule has 1 N–H and O–H groups in total. The van der Waals surface area contributed by atoms with Gasteiger partial charge in [0.1, 0.15) is 5.66 Å². The number of carbonyl (C=O) groups excluding carboxylic acids is 1. The first-order chi connectivity index (χ1) is 9.39. The number of rotatable bonds is 6. The van der Waals surface area contributed by atoms with Crippen LogP contribution in [0.3, 0.4) is 0 Å². The highest BCUT2D eigenvalue weighted by Gasteiger charge is 2.41. The molecule has 0 aliphatic rings. The smallest absolute Gasteiger partial charge is 0.265 e. The van der Waals surface area contributed by atoms with E-state index in [1.165, 1.54) is 0 Å². The molecule has 0 spiro atoms. The van der Waals surface area contributed by atoms with Gasteiger partial charge >= 0.3 is 0 Å². The second kappa shape index (κ2) is 7.22. The summed E-state index contributed by atoms with van der Waals surface area (Å²) < 4.78 is 0. The lowest BCUT2D eigenvalue weighted by Gasteiger charge is -2.28. The first-order valence-electron chi connectivity index (χ1n) is 7.60. The Morgan fingerprint density at radius 1 is 1.15 bits per heavy atom. The molecule has 0 saturated heterocycles. The van der Waals surface area contributed by atoms with E-state index in [0.29, 0.717) is 0 Å². The van der Waals surface area contributed by atoms with Gasteiger partial charge in [0.2, 0.25) is 0 Å². The zero-order valence-electron chi connectivity index (χ0n) is 13.8. The number of aryl methyl sites for hydroxylation is 2. The van der Waals surface area contributed by atoms with Gasteiger partial charge in [0.25, 0.3) is 5.91 Å². The van der Waals surface area contributed by atoms with Crippen LogP contribution >= 0.6 is 7.26 Å². The number of carbonyl (C=O) groups is 1. The van der Waals surface area contributed by atoms with Gasteiger partial charge in [-0.05, 0) is 45.2 Å². The number of hydrogen-bond acceptors (Lipinski definition) is 1. The minimum atomic E-state index is -1.18. The summed E-state index contributed by atoms with van der Waals surface area (Å²) in [6, 6.07) is 6.14. The van der Waals surface area contributed by atoms with Gasteiger partial charge in [0.05, 0.1) is 12.3 Å². The molecule has 1 aromatic carbocycles. The molecule has 1 amide bonds. The topological polar surface area (TPSA) is 29.1 Å². The maximum atomic E-state index is 12.7. The zero-order valence-corrected chi connectivity index (χ0v) is 14.7. The van der Waals surface area contributed by atoms with Crippen molar-refractivity contribution in [1.29, 1.82) is 0 Å². The second-order valence-electron chi connectivity index (χ2n) is 5.79. The Kier molecular flexibility index (Phi) is 6.20. The molecule has 0 bridgehead atoms. The maximum Gasteiger partial charge on any atom is 0.265 e. The van der Waals surface area contributed by atoms with Crippen LogP contribution in [0.5, 0.6) is 0 Å². The van der Waals surface area contributed by atoms with Gasteiger partial charge in [0.15, 0.2) is 0 Å². The Labute approximate surface area is 124 Å². The third kappa shape index (κ3) is 3.61. The first kappa shape index (κ1) is 17.2. The maximum absolute atomic E-state index is 12.7. The molecule has 0 aliphatic heterocycles. The van der Waals surface area contributed by atoms with E-state index in [1.54, 1.807) is 0 Å². The molecule has 1 aromatic rings. The number of benzene rings is 1. The summed E-state index contributed by atoms with van der Waals surface area (Å²) in [5.74, 6) is 0.212. The van der Waals surface area contributed by atoms with E-state index in [0.717, 1.165) is 35.6 Å². The van der Waals surface area contributed by atoms with Crippen LogP contribution < -0.4 is 5.32 Å². The Morgan fingerprint density at radius 3 is 2.05 bits per heavy atom. The Bertz CT molecular complexity index is 446. The molecule has 20 heavy (non-hydrogen) atoms. The van der Waals surface area contributed by atoms with Crippen molar-refractivity contribution in [2.75, 3.05) is 24.3 Å². The van der Waals surface area contributed by atoms with Crippen molar-refractivity contribution in [2.24, 2.45) is 0 Å². The lowest BCUT2D eigenvalue weighted by molar-refractivity contribution is -0.115. The predicted octanol–water partition coefficient (Wildman–Crippen LogP) is 4.71. The fourth-order valence-corrected chi connectivity index (χ4v) is 5.63. The van der Waals surface area contributed by atoms with Crippen LogP contribution in [0.1, 0.15) is 38.3 Å². The van der Waals surface area contributed by atoms with Gasteiger partial charge in [-0.2, -0.15) is 0 Å². The summed E-state index contributed by atoms with van der Waals surface area (Å²) in [5, 5.41) is 3.19. The van der Waals surface area contributed by atoms with E-state index in [1.807, 2.05) is 6.07 Å². The molecule has 2 nitrogen and oxygen atoms in total. The summed E-state index contributed by atoms with van der Waals surface area (Å²) in [5.41, 5.74) is 3.45. The van der Waals surface area contributed by atoms with Crippen molar-refractivity contribution in [2.45, 2.75) is 46.7 Å². The molecule has 3 heteroatoms. The van der Waals surface area contributed by atoms with E-state index in [9.17, 15) is 4.79 Å². The van der Waals surface area contributed by atoms with Gasteiger partial charge < -0.3 is 5.32 Å².